The van der Waals surface area contributed by atoms with Gasteiger partial charge in [-0.05, 0) is 25.2 Å². The van der Waals surface area contributed by atoms with Crippen molar-refractivity contribution in [2.24, 2.45) is 11.3 Å². The van der Waals surface area contributed by atoms with Gasteiger partial charge in [0.05, 0.1) is 0 Å². The molecule has 0 aromatic heterocycles. The van der Waals surface area contributed by atoms with Crippen LogP contribution in [0.1, 0.15) is 33.1 Å². The van der Waals surface area contributed by atoms with Crippen molar-refractivity contribution in [2.45, 2.75) is 37.9 Å². The standard InChI is InChI=1S/C10H16Cl2/c1-7-4-5-10(3,9(11)12)8(2)6-7/h8-9H,1,4-6H2,2-3H3/t8-,10+/m0/s1. The summed E-state index contributed by atoms with van der Waals surface area (Å²) in [5.74, 6) is 0.554. The highest BCUT2D eigenvalue weighted by molar-refractivity contribution is 6.44. The van der Waals surface area contributed by atoms with Crippen LogP contribution in [0.5, 0.6) is 0 Å². The first-order valence-corrected chi connectivity index (χ1v) is 5.29. The summed E-state index contributed by atoms with van der Waals surface area (Å²) in [7, 11) is 0. The van der Waals surface area contributed by atoms with Gasteiger partial charge in [0, 0.05) is 5.41 Å². The fourth-order valence-corrected chi connectivity index (χ4v) is 2.43. The largest absolute Gasteiger partial charge is 0.113 e. The molecule has 0 unspecified atom stereocenters. The second kappa shape index (κ2) is 3.59. The smallest absolute Gasteiger partial charge is 0.105 e. The second-order valence-corrected chi connectivity index (χ2v) is 5.26. The monoisotopic (exact) mass is 206 g/mol. The van der Waals surface area contributed by atoms with Crippen LogP contribution in [0, 0.1) is 11.3 Å². The van der Waals surface area contributed by atoms with E-state index in [1.165, 1.54) is 5.57 Å². The van der Waals surface area contributed by atoms with E-state index in [9.17, 15) is 0 Å². The normalized spacial score (nSPS) is 37.4. The zero-order valence-electron chi connectivity index (χ0n) is 7.74. The predicted molar refractivity (Wildman–Crippen MR) is 55.8 cm³/mol. The third kappa shape index (κ3) is 1.80. The molecule has 2 atom stereocenters. The van der Waals surface area contributed by atoms with Crippen molar-refractivity contribution in [3.63, 3.8) is 0 Å². The Hall–Kier alpha value is 0.320. The molecule has 0 nitrogen and oxygen atoms in total. The Bertz CT molecular complexity index is 186. The molecule has 0 bridgehead atoms. The van der Waals surface area contributed by atoms with Crippen molar-refractivity contribution in [1.29, 1.82) is 0 Å². The van der Waals surface area contributed by atoms with Gasteiger partial charge in [-0.25, -0.2) is 0 Å². The van der Waals surface area contributed by atoms with Crippen LogP contribution in [0.25, 0.3) is 0 Å². The van der Waals surface area contributed by atoms with Crippen LogP contribution in [-0.4, -0.2) is 4.84 Å². The quantitative estimate of drug-likeness (QED) is 0.447. The minimum atomic E-state index is -0.249. The van der Waals surface area contributed by atoms with Gasteiger partial charge in [0.25, 0.3) is 0 Å². The van der Waals surface area contributed by atoms with E-state index in [0.29, 0.717) is 5.92 Å². The number of hydrogen-bond acceptors (Lipinski definition) is 0. The summed E-state index contributed by atoms with van der Waals surface area (Å²) in [4.78, 5) is -0.249. The third-order valence-corrected chi connectivity index (χ3v) is 4.23. The van der Waals surface area contributed by atoms with Gasteiger partial charge in [-0.15, -0.1) is 23.2 Å². The first kappa shape index (κ1) is 10.4. The zero-order valence-corrected chi connectivity index (χ0v) is 9.25. The van der Waals surface area contributed by atoms with Crippen LogP contribution in [0.4, 0.5) is 0 Å². The van der Waals surface area contributed by atoms with E-state index in [4.69, 9.17) is 23.2 Å². The molecule has 1 saturated carbocycles. The molecule has 1 fully saturated rings. The minimum Gasteiger partial charge on any atom is -0.105 e. The van der Waals surface area contributed by atoms with E-state index >= 15 is 0 Å². The molecule has 0 radical (unpaired) electrons. The van der Waals surface area contributed by atoms with Gasteiger partial charge < -0.3 is 0 Å². The maximum atomic E-state index is 5.98. The first-order chi connectivity index (χ1) is 5.47. The lowest BCUT2D eigenvalue weighted by atomic mass is 9.68. The van der Waals surface area contributed by atoms with Gasteiger partial charge in [0.1, 0.15) is 4.84 Å². The van der Waals surface area contributed by atoms with Crippen LogP contribution in [0.15, 0.2) is 12.2 Å². The maximum absolute atomic E-state index is 5.98. The van der Waals surface area contributed by atoms with Crippen LogP contribution >= 0.6 is 23.2 Å². The van der Waals surface area contributed by atoms with Crippen LogP contribution in [0.2, 0.25) is 0 Å². The lowest BCUT2D eigenvalue weighted by Gasteiger charge is -2.41. The first-order valence-electron chi connectivity index (χ1n) is 4.41. The van der Waals surface area contributed by atoms with Crippen molar-refractivity contribution in [3.8, 4) is 0 Å². The molecule has 0 aromatic rings. The van der Waals surface area contributed by atoms with Gasteiger partial charge in [-0.1, -0.05) is 26.0 Å². The van der Waals surface area contributed by atoms with Crippen molar-refractivity contribution < 1.29 is 0 Å². The van der Waals surface area contributed by atoms with Gasteiger partial charge in [-0.3, -0.25) is 0 Å². The summed E-state index contributed by atoms with van der Waals surface area (Å²) in [6, 6.07) is 0. The Kier molecular flexibility index (Phi) is 3.11. The summed E-state index contributed by atoms with van der Waals surface area (Å²) < 4.78 is 0. The Morgan fingerprint density at radius 3 is 2.58 bits per heavy atom. The van der Waals surface area contributed by atoms with Crippen molar-refractivity contribution >= 4 is 23.2 Å². The highest BCUT2D eigenvalue weighted by Crippen LogP contribution is 2.47. The molecule has 0 amide bonds. The van der Waals surface area contributed by atoms with Crippen LogP contribution in [0.3, 0.4) is 0 Å². The van der Waals surface area contributed by atoms with Gasteiger partial charge in [0.15, 0.2) is 0 Å². The van der Waals surface area contributed by atoms with Crippen molar-refractivity contribution in [2.75, 3.05) is 0 Å². The molecule has 0 aliphatic heterocycles. The van der Waals surface area contributed by atoms with E-state index in [-0.39, 0.29) is 10.3 Å². The number of rotatable bonds is 1. The van der Waals surface area contributed by atoms with Crippen LogP contribution in [-0.2, 0) is 0 Å². The Morgan fingerprint density at radius 1 is 1.58 bits per heavy atom. The molecule has 1 aliphatic rings. The Labute approximate surface area is 84.9 Å². The lowest BCUT2D eigenvalue weighted by Crippen LogP contribution is -2.35. The number of allylic oxidation sites excluding steroid dienone is 1. The van der Waals surface area contributed by atoms with E-state index in [2.05, 4.69) is 20.4 Å². The fourth-order valence-electron chi connectivity index (χ4n) is 1.78. The summed E-state index contributed by atoms with van der Waals surface area (Å²) in [5.41, 5.74) is 1.43. The molecule has 2 heteroatoms. The number of alkyl halides is 2. The summed E-state index contributed by atoms with van der Waals surface area (Å²) in [6.07, 6.45) is 3.23. The molecule has 0 saturated heterocycles. The molecule has 1 rings (SSSR count). The molecule has 12 heavy (non-hydrogen) atoms. The van der Waals surface area contributed by atoms with Crippen molar-refractivity contribution in [1.82, 2.24) is 0 Å². The molecular formula is C10H16Cl2. The van der Waals surface area contributed by atoms with E-state index in [1.54, 1.807) is 0 Å². The lowest BCUT2D eigenvalue weighted by molar-refractivity contribution is 0.176. The molecule has 0 heterocycles. The average Bonchev–Trinajstić information content (AvgIpc) is 1.97. The van der Waals surface area contributed by atoms with Gasteiger partial charge >= 0.3 is 0 Å². The minimum absolute atomic E-state index is 0.0876. The van der Waals surface area contributed by atoms with Gasteiger partial charge in [0.2, 0.25) is 0 Å². The molecule has 70 valence electrons. The highest BCUT2D eigenvalue weighted by atomic mass is 35.5. The molecule has 0 aromatic carbocycles. The molecule has 1 aliphatic carbocycles. The topological polar surface area (TPSA) is 0 Å². The number of hydrogen-bond donors (Lipinski definition) is 0. The molecular weight excluding hydrogens is 191 g/mol. The Morgan fingerprint density at radius 2 is 2.17 bits per heavy atom. The second-order valence-electron chi connectivity index (χ2n) is 4.16. The molecule has 0 spiro atoms. The van der Waals surface area contributed by atoms with E-state index in [0.717, 1.165) is 19.3 Å². The third-order valence-electron chi connectivity index (χ3n) is 3.24. The van der Waals surface area contributed by atoms with Crippen LogP contribution < -0.4 is 0 Å². The SMILES string of the molecule is C=C1CC[C@@](C)(C(Cl)Cl)[C@@H](C)C1. The maximum Gasteiger partial charge on any atom is 0.113 e. The van der Waals surface area contributed by atoms with E-state index in [1.807, 2.05) is 0 Å². The van der Waals surface area contributed by atoms with Gasteiger partial charge in [-0.2, -0.15) is 0 Å². The van der Waals surface area contributed by atoms with E-state index < -0.39 is 0 Å². The predicted octanol–water partition coefficient (Wildman–Crippen LogP) is 4.17. The summed E-state index contributed by atoms with van der Waals surface area (Å²) >= 11 is 12.0. The zero-order chi connectivity index (χ0) is 9.35. The highest BCUT2D eigenvalue weighted by Gasteiger charge is 2.39. The molecule has 0 N–H and O–H groups in total. The summed E-state index contributed by atoms with van der Waals surface area (Å²) in [6.45, 7) is 8.39. The number of halogens is 2. The van der Waals surface area contributed by atoms with Crippen molar-refractivity contribution in [3.05, 3.63) is 12.2 Å². The Balaban J connectivity index is 2.72. The average molecular weight is 207 g/mol. The fraction of sp³-hybridized carbons (Fsp3) is 0.800. The summed E-state index contributed by atoms with van der Waals surface area (Å²) in [5, 5.41) is 0.